The van der Waals surface area contributed by atoms with Crippen LogP contribution in [0.5, 0.6) is 5.75 Å². The SMILES string of the molecule is CN[C@H]1Cc2ccccc2[C@H]1Cc1ccc(OCc2ccccc2)cc1.Cl. The molecule has 0 saturated heterocycles. The van der Waals surface area contributed by atoms with Gasteiger partial charge in [-0.15, -0.1) is 12.4 Å². The summed E-state index contributed by atoms with van der Waals surface area (Å²) in [7, 11) is 2.07. The summed E-state index contributed by atoms with van der Waals surface area (Å²) >= 11 is 0. The lowest BCUT2D eigenvalue weighted by molar-refractivity contribution is 0.306. The van der Waals surface area contributed by atoms with Crippen LogP contribution in [-0.4, -0.2) is 13.1 Å². The number of likely N-dealkylation sites (N-methyl/N-ethyl adjacent to an activating group) is 1. The topological polar surface area (TPSA) is 21.3 Å². The van der Waals surface area contributed by atoms with Crippen molar-refractivity contribution >= 4 is 12.4 Å². The molecule has 3 aromatic rings. The quantitative estimate of drug-likeness (QED) is 0.638. The molecule has 1 aliphatic rings. The van der Waals surface area contributed by atoms with Crippen LogP contribution in [0.4, 0.5) is 0 Å². The van der Waals surface area contributed by atoms with Crippen molar-refractivity contribution in [2.75, 3.05) is 7.05 Å². The number of fused-ring (bicyclic) bond motifs is 1. The Morgan fingerprint density at radius 1 is 0.852 bits per heavy atom. The second kappa shape index (κ2) is 9.07. The summed E-state index contributed by atoms with van der Waals surface area (Å²) in [6.07, 6.45) is 2.18. The van der Waals surface area contributed by atoms with E-state index in [0.717, 1.165) is 18.6 Å². The van der Waals surface area contributed by atoms with Crippen LogP contribution < -0.4 is 10.1 Å². The second-order valence-corrected chi connectivity index (χ2v) is 7.03. The van der Waals surface area contributed by atoms with Gasteiger partial charge in [-0.3, -0.25) is 0 Å². The zero-order chi connectivity index (χ0) is 17.8. The van der Waals surface area contributed by atoms with Gasteiger partial charge in [-0.2, -0.15) is 0 Å². The summed E-state index contributed by atoms with van der Waals surface area (Å²) in [6, 6.07) is 28.2. The van der Waals surface area contributed by atoms with Crippen LogP contribution in [0, 0.1) is 0 Å². The van der Waals surface area contributed by atoms with Crippen molar-refractivity contribution in [2.45, 2.75) is 31.4 Å². The number of rotatable bonds is 6. The van der Waals surface area contributed by atoms with E-state index in [1.807, 2.05) is 18.2 Å². The first kappa shape index (κ1) is 19.5. The Kier molecular flexibility index (Phi) is 6.54. The molecule has 0 unspecified atom stereocenters. The van der Waals surface area contributed by atoms with E-state index in [1.165, 1.54) is 22.3 Å². The van der Waals surface area contributed by atoms with Gasteiger partial charge < -0.3 is 10.1 Å². The van der Waals surface area contributed by atoms with Crippen LogP contribution >= 0.6 is 12.4 Å². The fraction of sp³-hybridized carbons (Fsp3) is 0.250. The average molecular weight is 380 g/mol. The lowest BCUT2D eigenvalue weighted by Crippen LogP contribution is -2.30. The minimum absolute atomic E-state index is 0. The predicted molar refractivity (Wildman–Crippen MR) is 114 cm³/mol. The molecule has 0 amide bonds. The van der Waals surface area contributed by atoms with E-state index in [-0.39, 0.29) is 12.4 Å². The third-order valence-electron chi connectivity index (χ3n) is 5.38. The molecule has 2 atom stereocenters. The van der Waals surface area contributed by atoms with Crippen molar-refractivity contribution in [3.63, 3.8) is 0 Å². The minimum Gasteiger partial charge on any atom is -0.489 e. The van der Waals surface area contributed by atoms with Gasteiger partial charge in [-0.05, 0) is 54.3 Å². The van der Waals surface area contributed by atoms with Gasteiger partial charge in [0.05, 0.1) is 0 Å². The van der Waals surface area contributed by atoms with E-state index >= 15 is 0 Å². The normalized spacial score (nSPS) is 17.8. The Bertz CT molecular complexity index is 848. The number of halogens is 1. The van der Waals surface area contributed by atoms with E-state index < -0.39 is 0 Å². The Morgan fingerprint density at radius 2 is 1.56 bits per heavy atom. The highest BCUT2D eigenvalue weighted by Crippen LogP contribution is 2.35. The van der Waals surface area contributed by atoms with Gasteiger partial charge in [-0.1, -0.05) is 66.7 Å². The molecule has 0 heterocycles. The predicted octanol–water partition coefficient (Wildman–Crippen LogP) is 5.16. The third kappa shape index (κ3) is 4.52. The van der Waals surface area contributed by atoms with E-state index in [9.17, 15) is 0 Å². The first-order chi connectivity index (χ1) is 12.8. The van der Waals surface area contributed by atoms with Crippen molar-refractivity contribution in [2.24, 2.45) is 0 Å². The van der Waals surface area contributed by atoms with Crippen LogP contribution in [0.1, 0.15) is 28.2 Å². The second-order valence-electron chi connectivity index (χ2n) is 7.03. The number of ether oxygens (including phenoxy) is 1. The number of hydrogen-bond acceptors (Lipinski definition) is 2. The minimum atomic E-state index is 0. The molecule has 0 spiro atoms. The van der Waals surface area contributed by atoms with E-state index in [2.05, 4.69) is 73.0 Å². The van der Waals surface area contributed by atoms with Gasteiger partial charge in [0.2, 0.25) is 0 Å². The molecular formula is C24H26ClNO. The molecule has 140 valence electrons. The van der Waals surface area contributed by atoms with Gasteiger partial charge in [0.1, 0.15) is 12.4 Å². The maximum Gasteiger partial charge on any atom is 0.119 e. The third-order valence-corrected chi connectivity index (χ3v) is 5.38. The van der Waals surface area contributed by atoms with Crippen LogP contribution in [-0.2, 0) is 19.4 Å². The maximum absolute atomic E-state index is 5.90. The van der Waals surface area contributed by atoms with Crippen LogP contribution in [0.25, 0.3) is 0 Å². The van der Waals surface area contributed by atoms with Crippen molar-refractivity contribution in [3.8, 4) is 5.75 Å². The first-order valence-electron chi connectivity index (χ1n) is 9.34. The van der Waals surface area contributed by atoms with Crippen molar-refractivity contribution in [3.05, 3.63) is 101 Å². The lowest BCUT2D eigenvalue weighted by Gasteiger charge is -2.20. The van der Waals surface area contributed by atoms with Crippen molar-refractivity contribution in [1.29, 1.82) is 0 Å². The highest BCUT2D eigenvalue weighted by atomic mass is 35.5. The molecule has 3 aromatic carbocycles. The molecule has 0 bridgehead atoms. The molecule has 1 aliphatic carbocycles. The average Bonchev–Trinajstić information content (AvgIpc) is 3.06. The highest BCUT2D eigenvalue weighted by Gasteiger charge is 2.30. The Morgan fingerprint density at radius 3 is 2.30 bits per heavy atom. The molecule has 3 heteroatoms. The fourth-order valence-electron chi connectivity index (χ4n) is 3.95. The smallest absolute Gasteiger partial charge is 0.119 e. The number of benzene rings is 3. The summed E-state index contributed by atoms with van der Waals surface area (Å²) in [4.78, 5) is 0. The summed E-state index contributed by atoms with van der Waals surface area (Å²) in [6.45, 7) is 0.609. The maximum atomic E-state index is 5.90. The largest absolute Gasteiger partial charge is 0.489 e. The number of hydrogen-bond donors (Lipinski definition) is 1. The summed E-state index contributed by atoms with van der Waals surface area (Å²) < 4.78 is 5.90. The van der Waals surface area contributed by atoms with Gasteiger partial charge >= 0.3 is 0 Å². The first-order valence-corrected chi connectivity index (χ1v) is 9.34. The lowest BCUT2D eigenvalue weighted by atomic mass is 9.91. The number of nitrogens with one attached hydrogen (secondary N) is 1. The Labute approximate surface area is 168 Å². The highest BCUT2D eigenvalue weighted by molar-refractivity contribution is 5.85. The van der Waals surface area contributed by atoms with Gasteiger partial charge in [-0.25, -0.2) is 0 Å². The van der Waals surface area contributed by atoms with E-state index in [0.29, 0.717) is 18.6 Å². The Hall–Kier alpha value is -2.29. The standard InChI is InChI=1S/C24H25NO.ClH/c1-25-24-16-20-9-5-6-10-22(20)23(24)15-18-11-13-21(14-12-18)26-17-19-7-3-2-4-8-19;/h2-14,23-25H,15-17H2,1H3;1H/t23-,24+;/m1./s1. The van der Waals surface area contributed by atoms with Crippen molar-refractivity contribution in [1.82, 2.24) is 5.32 Å². The summed E-state index contributed by atoms with van der Waals surface area (Å²) in [5.41, 5.74) is 5.53. The molecule has 1 N–H and O–H groups in total. The van der Waals surface area contributed by atoms with Gasteiger partial charge in [0.15, 0.2) is 0 Å². The van der Waals surface area contributed by atoms with Gasteiger partial charge in [0.25, 0.3) is 0 Å². The molecule has 4 rings (SSSR count). The molecule has 0 aromatic heterocycles. The summed E-state index contributed by atoms with van der Waals surface area (Å²) in [5.74, 6) is 1.46. The van der Waals surface area contributed by atoms with Crippen molar-refractivity contribution < 1.29 is 4.74 Å². The fourth-order valence-corrected chi connectivity index (χ4v) is 3.95. The zero-order valence-corrected chi connectivity index (χ0v) is 16.4. The molecule has 2 nitrogen and oxygen atoms in total. The zero-order valence-electron chi connectivity index (χ0n) is 15.6. The van der Waals surface area contributed by atoms with E-state index in [4.69, 9.17) is 4.74 Å². The molecule has 0 fully saturated rings. The monoisotopic (exact) mass is 379 g/mol. The summed E-state index contributed by atoms with van der Waals surface area (Å²) in [5, 5.41) is 3.51. The van der Waals surface area contributed by atoms with Crippen LogP contribution in [0.2, 0.25) is 0 Å². The van der Waals surface area contributed by atoms with Crippen LogP contribution in [0.3, 0.4) is 0 Å². The molecule has 0 saturated carbocycles. The molecular weight excluding hydrogens is 354 g/mol. The molecule has 0 radical (unpaired) electrons. The van der Waals surface area contributed by atoms with Gasteiger partial charge in [0, 0.05) is 12.0 Å². The molecule has 0 aliphatic heterocycles. The van der Waals surface area contributed by atoms with E-state index in [1.54, 1.807) is 0 Å². The Balaban J connectivity index is 0.00000210. The molecule has 27 heavy (non-hydrogen) atoms. The van der Waals surface area contributed by atoms with Crippen LogP contribution in [0.15, 0.2) is 78.9 Å².